The Labute approximate surface area is 107 Å². The van der Waals surface area contributed by atoms with Gasteiger partial charge in [-0.25, -0.2) is 4.79 Å². The number of methoxy groups -OCH3 is 1. The Kier molecular flexibility index (Phi) is 3.65. The minimum atomic E-state index is -0.417. The average Bonchev–Trinajstić information content (AvgIpc) is 2.83. The molecule has 0 spiro atoms. The maximum atomic E-state index is 12.3. The Morgan fingerprint density at radius 2 is 2.06 bits per heavy atom. The summed E-state index contributed by atoms with van der Waals surface area (Å²) in [6.07, 6.45) is 2.09. The number of likely N-dealkylation sites (tertiary alicyclic amines) is 1. The first-order valence-corrected chi connectivity index (χ1v) is 6.13. The summed E-state index contributed by atoms with van der Waals surface area (Å²) in [5.41, 5.74) is 0.960. The van der Waals surface area contributed by atoms with E-state index in [9.17, 15) is 9.59 Å². The zero-order valence-corrected chi connectivity index (χ0v) is 10.7. The van der Waals surface area contributed by atoms with Gasteiger partial charge in [-0.1, -0.05) is 6.07 Å². The molecule has 1 aromatic carbocycles. The molecule has 0 aliphatic carbocycles. The Balaban J connectivity index is 2.23. The largest absolute Gasteiger partial charge is 0.465 e. The monoisotopic (exact) mass is 247 g/mol. The zero-order valence-electron chi connectivity index (χ0n) is 10.7. The molecule has 0 aromatic heterocycles. The Morgan fingerprint density at radius 1 is 1.33 bits per heavy atom. The van der Waals surface area contributed by atoms with Crippen molar-refractivity contribution in [2.75, 3.05) is 13.7 Å². The summed E-state index contributed by atoms with van der Waals surface area (Å²) in [7, 11) is 1.33. The van der Waals surface area contributed by atoms with E-state index in [-0.39, 0.29) is 11.9 Å². The summed E-state index contributed by atoms with van der Waals surface area (Å²) in [5, 5.41) is 0. The molecule has 1 atom stereocenters. The molecular formula is C14H17NO3. The Hall–Kier alpha value is -1.84. The van der Waals surface area contributed by atoms with Gasteiger partial charge in [-0.2, -0.15) is 0 Å². The van der Waals surface area contributed by atoms with Crippen LogP contribution in [-0.2, 0) is 4.74 Å². The molecule has 1 aliphatic heterocycles. The van der Waals surface area contributed by atoms with E-state index in [4.69, 9.17) is 0 Å². The second-order valence-electron chi connectivity index (χ2n) is 4.56. The summed E-state index contributed by atoms with van der Waals surface area (Å²) in [6.45, 7) is 2.84. The van der Waals surface area contributed by atoms with Crippen molar-refractivity contribution in [2.45, 2.75) is 25.8 Å². The molecule has 1 saturated heterocycles. The first kappa shape index (κ1) is 12.6. The van der Waals surface area contributed by atoms with E-state index in [1.54, 1.807) is 24.3 Å². The number of hydrogen-bond donors (Lipinski definition) is 0. The highest BCUT2D eigenvalue weighted by Crippen LogP contribution is 2.20. The van der Waals surface area contributed by atoms with Gasteiger partial charge in [-0.3, -0.25) is 4.79 Å². The van der Waals surface area contributed by atoms with Gasteiger partial charge < -0.3 is 9.64 Å². The van der Waals surface area contributed by atoms with E-state index >= 15 is 0 Å². The van der Waals surface area contributed by atoms with Crippen molar-refractivity contribution in [3.63, 3.8) is 0 Å². The molecule has 18 heavy (non-hydrogen) atoms. The molecule has 2 rings (SSSR count). The lowest BCUT2D eigenvalue weighted by atomic mass is 10.1. The van der Waals surface area contributed by atoms with Crippen LogP contribution in [0.3, 0.4) is 0 Å². The maximum Gasteiger partial charge on any atom is 0.337 e. The predicted molar refractivity (Wildman–Crippen MR) is 67.5 cm³/mol. The van der Waals surface area contributed by atoms with Crippen LogP contribution < -0.4 is 0 Å². The molecule has 0 N–H and O–H groups in total. The van der Waals surface area contributed by atoms with E-state index in [1.807, 2.05) is 4.90 Å². The minimum absolute atomic E-state index is 0.00856. The molecule has 96 valence electrons. The van der Waals surface area contributed by atoms with Crippen molar-refractivity contribution in [2.24, 2.45) is 0 Å². The first-order chi connectivity index (χ1) is 8.63. The number of benzene rings is 1. The molecule has 1 aromatic rings. The highest BCUT2D eigenvalue weighted by atomic mass is 16.5. The molecule has 4 heteroatoms. The highest BCUT2D eigenvalue weighted by molar-refractivity contribution is 5.98. The van der Waals surface area contributed by atoms with Crippen LogP contribution in [-0.4, -0.2) is 36.5 Å². The molecule has 1 unspecified atom stereocenters. The fraction of sp³-hybridized carbons (Fsp3) is 0.429. The number of ether oxygens (including phenoxy) is 1. The molecule has 1 aliphatic rings. The predicted octanol–water partition coefficient (Wildman–Crippen LogP) is 2.10. The van der Waals surface area contributed by atoms with Crippen molar-refractivity contribution in [1.29, 1.82) is 0 Å². The molecule has 0 saturated carbocycles. The lowest BCUT2D eigenvalue weighted by Gasteiger charge is -2.21. The van der Waals surface area contributed by atoms with Gasteiger partial charge >= 0.3 is 5.97 Å². The lowest BCUT2D eigenvalue weighted by Crippen LogP contribution is -2.33. The summed E-state index contributed by atoms with van der Waals surface area (Å²) in [6, 6.07) is 6.97. The molecule has 1 amide bonds. The summed E-state index contributed by atoms with van der Waals surface area (Å²) >= 11 is 0. The summed E-state index contributed by atoms with van der Waals surface area (Å²) < 4.78 is 4.65. The highest BCUT2D eigenvalue weighted by Gasteiger charge is 2.26. The molecule has 1 heterocycles. The smallest absolute Gasteiger partial charge is 0.337 e. The van der Waals surface area contributed by atoms with Gasteiger partial charge in [0.15, 0.2) is 0 Å². The topological polar surface area (TPSA) is 46.6 Å². The van der Waals surface area contributed by atoms with Crippen LogP contribution in [0.2, 0.25) is 0 Å². The fourth-order valence-corrected chi connectivity index (χ4v) is 2.30. The number of amides is 1. The van der Waals surface area contributed by atoms with Gasteiger partial charge in [-0.05, 0) is 38.0 Å². The number of hydrogen-bond acceptors (Lipinski definition) is 3. The van der Waals surface area contributed by atoms with Crippen LogP contribution in [0.4, 0.5) is 0 Å². The molecule has 1 fully saturated rings. The van der Waals surface area contributed by atoms with E-state index in [2.05, 4.69) is 11.7 Å². The van der Waals surface area contributed by atoms with Gasteiger partial charge in [-0.15, -0.1) is 0 Å². The Morgan fingerprint density at radius 3 is 2.67 bits per heavy atom. The standard InChI is InChI=1S/C14H17NO3/c1-10-5-4-8-15(10)13(16)11-6-3-7-12(9-11)14(17)18-2/h3,6-7,9-10H,4-5,8H2,1-2H3. The van der Waals surface area contributed by atoms with E-state index in [0.717, 1.165) is 19.4 Å². The second kappa shape index (κ2) is 5.21. The van der Waals surface area contributed by atoms with Gasteiger partial charge in [0.1, 0.15) is 0 Å². The molecular weight excluding hydrogens is 230 g/mol. The number of nitrogens with zero attached hydrogens (tertiary/aromatic N) is 1. The fourth-order valence-electron chi connectivity index (χ4n) is 2.30. The SMILES string of the molecule is COC(=O)c1cccc(C(=O)N2CCCC2C)c1. The normalized spacial score (nSPS) is 18.8. The number of rotatable bonds is 2. The van der Waals surface area contributed by atoms with Crippen LogP contribution in [0, 0.1) is 0 Å². The number of carbonyl (C=O) groups excluding carboxylic acids is 2. The van der Waals surface area contributed by atoms with Crippen LogP contribution in [0.25, 0.3) is 0 Å². The van der Waals surface area contributed by atoms with Crippen molar-refractivity contribution in [1.82, 2.24) is 4.90 Å². The van der Waals surface area contributed by atoms with E-state index in [1.165, 1.54) is 7.11 Å². The summed E-state index contributed by atoms with van der Waals surface area (Å²) in [5.74, 6) is -0.426. The number of esters is 1. The van der Waals surface area contributed by atoms with Crippen LogP contribution in [0.15, 0.2) is 24.3 Å². The summed E-state index contributed by atoms with van der Waals surface area (Å²) in [4.78, 5) is 25.6. The third-order valence-electron chi connectivity index (χ3n) is 3.34. The lowest BCUT2D eigenvalue weighted by molar-refractivity contribution is 0.0600. The third-order valence-corrected chi connectivity index (χ3v) is 3.34. The van der Waals surface area contributed by atoms with Gasteiger partial charge in [0.2, 0.25) is 0 Å². The quantitative estimate of drug-likeness (QED) is 0.752. The van der Waals surface area contributed by atoms with E-state index < -0.39 is 5.97 Å². The maximum absolute atomic E-state index is 12.3. The first-order valence-electron chi connectivity index (χ1n) is 6.13. The van der Waals surface area contributed by atoms with Gasteiger partial charge in [0, 0.05) is 18.2 Å². The molecule has 0 bridgehead atoms. The zero-order chi connectivity index (χ0) is 13.1. The van der Waals surface area contributed by atoms with Gasteiger partial charge in [0.05, 0.1) is 12.7 Å². The van der Waals surface area contributed by atoms with Crippen molar-refractivity contribution in [3.05, 3.63) is 35.4 Å². The average molecular weight is 247 g/mol. The third kappa shape index (κ3) is 2.37. The number of carbonyl (C=O) groups is 2. The van der Waals surface area contributed by atoms with Crippen LogP contribution in [0.1, 0.15) is 40.5 Å². The Bertz CT molecular complexity index is 470. The molecule has 4 nitrogen and oxygen atoms in total. The van der Waals surface area contributed by atoms with Crippen LogP contribution in [0.5, 0.6) is 0 Å². The van der Waals surface area contributed by atoms with Crippen molar-refractivity contribution in [3.8, 4) is 0 Å². The van der Waals surface area contributed by atoms with Crippen LogP contribution >= 0.6 is 0 Å². The minimum Gasteiger partial charge on any atom is -0.465 e. The molecule has 0 radical (unpaired) electrons. The second-order valence-corrected chi connectivity index (χ2v) is 4.56. The van der Waals surface area contributed by atoms with E-state index in [0.29, 0.717) is 11.1 Å². The van der Waals surface area contributed by atoms with Gasteiger partial charge in [0.25, 0.3) is 5.91 Å². The van der Waals surface area contributed by atoms with Crippen molar-refractivity contribution < 1.29 is 14.3 Å². The van der Waals surface area contributed by atoms with Crippen molar-refractivity contribution >= 4 is 11.9 Å².